The van der Waals surface area contributed by atoms with Crippen molar-refractivity contribution in [3.05, 3.63) is 23.7 Å². The van der Waals surface area contributed by atoms with E-state index < -0.39 is 0 Å². The summed E-state index contributed by atoms with van der Waals surface area (Å²) in [5.74, 6) is 1.74. The van der Waals surface area contributed by atoms with Crippen LogP contribution in [0, 0.1) is 5.92 Å². The summed E-state index contributed by atoms with van der Waals surface area (Å²) in [7, 11) is 2.20. The lowest BCUT2D eigenvalue weighted by atomic mass is 10.1. The summed E-state index contributed by atoms with van der Waals surface area (Å²) in [6.07, 6.45) is 4.07. The van der Waals surface area contributed by atoms with Crippen LogP contribution < -0.4 is 5.32 Å². The molecule has 1 aliphatic heterocycles. The molecule has 0 unspecified atom stereocenters. The van der Waals surface area contributed by atoms with Gasteiger partial charge in [-0.25, -0.2) is 0 Å². The van der Waals surface area contributed by atoms with Crippen molar-refractivity contribution >= 4 is 0 Å². The van der Waals surface area contributed by atoms with E-state index in [2.05, 4.69) is 37.2 Å². The SMILES string of the molecule is CC(C)CNCc1occc1CN(C)C1CCOCC1. The molecule has 0 spiro atoms. The van der Waals surface area contributed by atoms with Crippen LogP contribution >= 0.6 is 0 Å². The second kappa shape index (κ2) is 7.81. The summed E-state index contributed by atoms with van der Waals surface area (Å²) >= 11 is 0. The molecule has 2 rings (SSSR count). The highest BCUT2D eigenvalue weighted by Crippen LogP contribution is 2.18. The number of rotatable bonds is 7. The molecule has 1 saturated heterocycles. The predicted octanol–water partition coefficient (Wildman–Crippen LogP) is 2.64. The highest BCUT2D eigenvalue weighted by Gasteiger charge is 2.19. The van der Waals surface area contributed by atoms with Gasteiger partial charge in [-0.05, 0) is 38.4 Å². The van der Waals surface area contributed by atoms with E-state index in [0.717, 1.165) is 51.4 Å². The summed E-state index contributed by atoms with van der Waals surface area (Å²) in [6, 6.07) is 2.73. The van der Waals surface area contributed by atoms with Crippen molar-refractivity contribution in [3.63, 3.8) is 0 Å². The van der Waals surface area contributed by atoms with Gasteiger partial charge in [-0.2, -0.15) is 0 Å². The molecule has 4 nitrogen and oxygen atoms in total. The van der Waals surface area contributed by atoms with Gasteiger partial charge in [0.25, 0.3) is 0 Å². The average molecular weight is 280 g/mol. The van der Waals surface area contributed by atoms with E-state index in [-0.39, 0.29) is 0 Å². The maximum absolute atomic E-state index is 5.62. The van der Waals surface area contributed by atoms with Crippen molar-refractivity contribution in [3.8, 4) is 0 Å². The molecule has 114 valence electrons. The first-order chi connectivity index (χ1) is 9.66. The first-order valence-electron chi connectivity index (χ1n) is 7.70. The van der Waals surface area contributed by atoms with E-state index in [0.29, 0.717) is 12.0 Å². The van der Waals surface area contributed by atoms with Gasteiger partial charge in [-0.3, -0.25) is 4.90 Å². The Hall–Kier alpha value is -0.840. The van der Waals surface area contributed by atoms with Crippen LogP contribution in [0.25, 0.3) is 0 Å². The monoisotopic (exact) mass is 280 g/mol. The Balaban J connectivity index is 1.84. The number of furan rings is 1. The average Bonchev–Trinajstić information content (AvgIpc) is 2.87. The Labute approximate surface area is 122 Å². The lowest BCUT2D eigenvalue weighted by molar-refractivity contribution is 0.0405. The van der Waals surface area contributed by atoms with Gasteiger partial charge in [0.2, 0.25) is 0 Å². The Morgan fingerprint density at radius 3 is 2.80 bits per heavy atom. The zero-order chi connectivity index (χ0) is 14.4. The summed E-state index contributed by atoms with van der Waals surface area (Å²) in [5.41, 5.74) is 1.30. The molecule has 0 saturated carbocycles. The van der Waals surface area contributed by atoms with Gasteiger partial charge in [-0.1, -0.05) is 13.8 Å². The third-order valence-electron chi connectivity index (χ3n) is 3.91. The molecular formula is C16H28N2O2. The van der Waals surface area contributed by atoms with Crippen LogP contribution in [0.4, 0.5) is 0 Å². The van der Waals surface area contributed by atoms with Crippen LogP contribution in [-0.2, 0) is 17.8 Å². The quantitative estimate of drug-likeness (QED) is 0.833. The summed E-state index contributed by atoms with van der Waals surface area (Å²) in [4.78, 5) is 2.43. The van der Waals surface area contributed by atoms with Crippen molar-refractivity contribution in [2.75, 3.05) is 26.8 Å². The fourth-order valence-electron chi connectivity index (χ4n) is 2.66. The maximum Gasteiger partial charge on any atom is 0.122 e. The summed E-state index contributed by atoms with van der Waals surface area (Å²) in [6.45, 7) is 9.02. The van der Waals surface area contributed by atoms with Crippen molar-refractivity contribution < 1.29 is 9.15 Å². The molecule has 1 aromatic rings. The third-order valence-corrected chi connectivity index (χ3v) is 3.91. The highest BCUT2D eigenvalue weighted by atomic mass is 16.5. The van der Waals surface area contributed by atoms with E-state index in [1.54, 1.807) is 6.26 Å². The molecule has 1 fully saturated rings. The molecule has 1 aromatic heterocycles. The molecule has 20 heavy (non-hydrogen) atoms. The zero-order valence-electron chi connectivity index (χ0n) is 13.0. The third kappa shape index (κ3) is 4.62. The van der Waals surface area contributed by atoms with Gasteiger partial charge in [0, 0.05) is 31.4 Å². The number of nitrogens with zero attached hydrogens (tertiary/aromatic N) is 1. The van der Waals surface area contributed by atoms with Crippen LogP contribution in [0.5, 0.6) is 0 Å². The number of ether oxygens (including phenoxy) is 1. The second-order valence-corrected chi connectivity index (χ2v) is 6.15. The Morgan fingerprint density at radius 2 is 2.10 bits per heavy atom. The van der Waals surface area contributed by atoms with Gasteiger partial charge in [0.1, 0.15) is 5.76 Å². The lowest BCUT2D eigenvalue weighted by Crippen LogP contribution is -2.36. The molecule has 4 heteroatoms. The largest absolute Gasteiger partial charge is 0.468 e. The standard InChI is InChI=1S/C16H28N2O2/c1-13(2)10-17-11-16-14(4-9-20-16)12-18(3)15-5-7-19-8-6-15/h4,9,13,15,17H,5-8,10-12H2,1-3H3. The summed E-state index contributed by atoms with van der Waals surface area (Å²) < 4.78 is 11.0. The van der Waals surface area contributed by atoms with Crippen LogP contribution in [0.1, 0.15) is 38.0 Å². The fourth-order valence-corrected chi connectivity index (χ4v) is 2.66. The molecule has 2 heterocycles. The van der Waals surface area contributed by atoms with E-state index in [9.17, 15) is 0 Å². The topological polar surface area (TPSA) is 37.6 Å². The highest BCUT2D eigenvalue weighted by molar-refractivity contribution is 5.17. The number of hydrogen-bond acceptors (Lipinski definition) is 4. The fraction of sp³-hybridized carbons (Fsp3) is 0.750. The van der Waals surface area contributed by atoms with Crippen molar-refractivity contribution in [2.45, 2.75) is 45.8 Å². The minimum atomic E-state index is 0.634. The molecule has 0 bridgehead atoms. The normalized spacial score (nSPS) is 17.2. The Bertz CT molecular complexity index is 384. The molecule has 1 aliphatic rings. The second-order valence-electron chi connectivity index (χ2n) is 6.15. The van der Waals surface area contributed by atoms with Gasteiger partial charge in [0.15, 0.2) is 0 Å². The minimum absolute atomic E-state index is 0.634. The van der Waals surface area contributed by atoms with Crippen LogP contribution in [0.3, 0.4) is 0 Å². The maximum atomic E-state index is 5.62. The minimum Gasteiger partial charge on any atom is -0.468 e. The van der Waals surface area contributed by atoms with Gasteiger partial charge < -0.3 is 14.5 Å². The first kappa shape index (κ1) is 15.5. The smallest absolute Gasteiger partial charge is 0.122 e. The van der Waals surface area contributed by atoms with Crippen LogP contribution in [-0.4, -0.2) is 37.7 Å². The zero-order valence-corrected chi connectivity index (χ0v) is 13.0. The molecule has 0 aliphatic carbocycles. The number of nitrogens with one attached hydrogen (secondary N) is 1. The molecular weight excluding hydrogens is 252 g/mol. The molecule has 0 atom stereocenters. The van der Waals surface area contributed by atoms with Crippen LogP contribution in [0.2, 0.25) is 0 Å². The lowest BCUT2D eigenvalue weighted by Gasteiger charge is -2.31. The van der Waals surface area contributed by atoms with Gasteiger partial charge in [0.05, 0.1) is 12.8 Å². The van der Waals surface area contributed by atoms with E-state index >= 15 is 0 Å². The number of hydrogen-bond donors (Lipinski definition) is 1. The Morgan fingerprint density at radius 1 is 1.35 bits per heavy atom. The van der Waals surface area contributed by atoms with E-state index in [1.165, 1.54) is 5.56 Å². The molecule has 0 amide bonds. The molecule has 1 N–H and O–H groups in total. The van der Waals surface area contributed by atoms with E-state index in [4.69, 9.17) is 9.15 Å². The summed E-state index contributed by atoms with van der Waals surface area (Å²) in [5, 5.41) is 3.45. The first-order valence-corrected chi connectivity index (χ1v) is 7.70. The van der Waals surface area contributed by atoms with Gasteiger partial charge in [-0.15, -0.1) is 0 Å². The van der Waals surface area contributed by atoms with Crippen molar-refractivity contribution in [2.24, 2.45) is 5.92 Å². The predicted molar refractivity (Wildman–Crippen MR) is 80.6 cm³/mol. The van der Waals surface area contributed by atoms with Crippen molar-refractivity contribution in [1.82, 2.24) is 10.2 Å². The van der Waals surface area contributed by atoms with Gasteiger partial charge >= 0.3 is 0 Å². The molecule has 0 radical (unpaired) electrons. The van der Waals surface area contributed by atoms with Crippen molar-refractivity contribution in [1.29, 1.82) is 0 Å². The van der Waals surface area contributed by atoms with E-state index in [1.807, 2.05) is 0 Å². The van der Waals surface area contributed by atoms with Crippen LogP contribution in [0.15, 0.2) is 16.7 Å². The Kier molecular flexibility index (Phi) is 6.07. The molecule has 0 aromatic carbocycles.